The van der Waals surface area contributed by atoms with E-state index in [1.807, 2.05) is 0 Å². The van der Waals surface area contributed by atoms with Crippen LogP contribution in [0.2, 0.25) is 0 Å². The Labute approximate surface area is 134 Å². The quantitative estimate of drug-likeness (QED) is 0.521. The Hall–Kier alpha value is 0. The molecule has 0 spiro atoms. The maximum Gasteiger partial charge on any atom is -0.0318 e. The van der Waals surface area contributed by atoms with Crippen LogP contribution >= 0.6 is 0 Å². The van der Waals surface area contributed by atoms with Crippen LogP contribution in [0.15, 0.2) is 0 Å². The van der Waals surface area contributed by atoms with Gasteiger partial charge >= 0.3 is 0 Å². The van der Waals surface area contributed by atoms with Crippen molar-refractivity contribution in [1.82, 2.24) is 0 Å². The summed E-state index contributed by atoms with van der Waals surface area (Å²) >= 11 is 0. The van der Waals surface area contributed by atoms with Crippen LogP contribution in [-0.4, -0.2) is 0 Å². The van der Waals surface area contributed by atoms with Crippen LogP contribution in [-0.2, 0) is 0 Å². The van der Waals surface area contributed by atoms with Crippen LogP contribution < -0.4 is 0 Å². The highest BCUT2D eigenvalue weighted by atomic mass is 14.5. The van der Waals surface area contributed by atoms with E-state index in [9.17, 15) is 0 Å². The molecule has 4 rings (SSSR count). The molecule has 0 aromatic heterocycles. The Morgan fingerprint density at radius 2 is 1.38 bits per heavy atom. The zero-order valence-electron chi connectivity index (χ0n) is 15.7. The normalized spacial score (nSPS) is 38.9. The van der Waals surface area contributed by atoms with Crippen molar-refractivity contribution in [1.29, 1.82) is 0 Å². The summed E-state index contributed by atoms with van der Waals surface area (Å²) in [4.78, 5) is 0. The Bertz CT molecular complexity index is 284. The minimum absolute atomic E-state index is 0.522. The number of hydrogen-bond acceptors (Lipinski definition) is 0. The lowest BCUT2D eigenvalue weighted by Gasteiger charge is -2.55. The maximum atomic E-state index is 2.54. The van der Waals surface area contributed by atoms with Crippen molar-refractivity contribution in [2.45, 2.75) is 99.3 Å². The summed E-state index contributed by atoms with van der Waals surface area (Å²) in [6, 6.07) is 0. The first-order valence-corrected chi connectivity index (χ1v) is 9.69. The van der Waals surface area contributed by atoms with Gasteiger partial charge in [0, 0.05) is 0 Å². The summed E-state index contributed by atoms with van der Waals surface area (Å²) in [7, 11) is 0. The Balaban J connectivity index is 0.000000155. The van der Waals surface area contributed by atoms with Crippen molar-refractivity contribution in [3.8, 4) is 0 Å². The SMILES string of the molecule is CC12CC3CC(CC(C3)C1)C2.CCCC(C)CC(C)(C)C. The van der Waals surface area contributed by atoms with Crippen LogP contribution in [0.4, 0.5) is 0 Å². The van der Waals surface area contributed by atoms with Gasteiger partial charge in [-0.2, -0.15) is 0 Å². The highest BCUT2D eigenvalue weighted by molar-refractivity contribution is 4.99. The predicted octanol–water partition coefficient (Wildman–Crippen LogP) is 7.08. The van der Waals surface area contributed by atoms with Gasteiger partial charge in [0.2, 0.25) is 0 Å². The first-order valence-electron chi connectivity index (χ1n) is 9.69. The van der Waals surface area contributed by atoms with Gasteiger partial charge in [0.05, 0.1) is 0 Å². The van der Waals surface area contributed by atoms with Gasteiger partial charge in [-0.25, -0.2) is 0 Å². The lowest BCUT2D eigenvalue weighted by molar-refractivity contribution is -0.0411. The average molecular weight is 293 g/mol. The molecule has 4 aliphatic carbocycles. The van der Waals surface area contributed by atoms with Crippen molar-refractivity contribution in [3.05, 3.63) is 0 Å². The molecule has 4 aliphatic rings. The molecule has 21 heavy (non-hydrogen) atoms. The Morgan fingerprint density at radius 1 is 0.952 bits per heavy atom. The second-order valence-electron chi connectivity index (χ2n) is 10.4. The smallest absolute Gasteiger partial charge is 0.0318 e. The average Bonchev–Trinajstić information content (AvgIpc) is 2.23. The summed E-state index contributed by atoms with van der Waals surface area (Å²) in [5.74, 6) is 4.34. The summed E-state index contributed by atoms with van der Waals surface area (Å²) in [6.45, 7) is 14.1. The van der Waals surface area contributed by atoms with E-state index in [-0.39, 0.29) is 0 Å². The van der Waals surface area contributed by atoms with Gasteiger partial charge in [0.1, 0.15) is 0 Å². The molecule has 0 saturated heterocycles. The summed E-state index contributed by atoms with van der Waals surface area (Å²) in [6.07, 6.45) is 13.6. The van der Waals surface area contributed by atoms with Crippen LogP contribution in [0.3, 0.4) is 0 Å². The van der Waals surface area contributed by atoms with E-state index in [2.05, 4.69) is 41.5 Å². The second-order valence-corrected chi connectivity index (χ2v) is 10.4. The second kappa shape index (κ2) is 6.63. The van der Waals surface area contributed by atoms with Gasteiger partial charge in [-0.3, -0.25) is 0 Å². The largest absolute Gasteiger partial charge is 0.0654 e. The lowest BCUT2D eigenvalue weighted by atomic mass is 9.50. The first kappa shape index (κ1) is 17.4. The monoisotopic (exact) mass is 292 g/mol. The zero-order valence-corrected chi connectivity index (χ0v) is 15.7. The van der Waals surface area contributed by atoms with Crippen molar-refractivity contribution < 1.29 is 0 Å². The van der Waals surface area contributed by atoms with E-state index in [4.69, 9.17) is 0 Å². The molecule has 0 nitrogen and oxygen atoms in total. The number of hydrogen-bond donors (Lipinski definition) is 0. The van der Waals surface area contributed by atoms with Crippen molar-refractivity contribution in [2.75, 3.05) is 0 Å². The number of rotatable bonds is 3. The van der Waals surface area contributed by atoms with Gasteiger partial charge in [-0.05, 0) is 79.4 Å². The van der Waals surface area contributed by atoms with Crippen LogP contribution in [0, 0.1) is 34.5 Å². The zero-order chi connectivity index (χ0) is 15.7. The van der Waals surface area contributed by atoms with Crippen LogP contribution in [0.25, 0.3) is 0 Å². The fraction of sp³-hybridized carbons (Fsp3) is 1.00. The molecule has 0 heteroatoms. The van der Waals surface area contributed by atoms with E-state index in [1.54, 1.807) is 38.5 Å². The predicted molar refractivity (Wildman–Crippen MR) is 94.4 cm³/mol. The van der Waals surface area contributed by atoms with Crippen molar-refractivity contribution in [3.63, 3.8) is 0 Å². The highest BCUT2D eigenvalue weighted by Crippen LogP contribution is 2.59. The third-order valence-electron chi connectivity index (χ3n) is 6.09. The Kier molecular flexibility index (Phi) is 5.48. The molecule has 4 bridgehead atoms. The molecule has 124 valence electrons. The molecule has 0 aromatic rings. The highest BCUT2D eigenvalue weighted by Gasteiger charge is 2.48. The molecular weight excluding hydrogens is 252 g/mol. The summed E-state index contributed by atoms with van der Waals surface area (Å²) in [5.41, 5.74) is 1.32. The third kappa shape index (κ3) is 5.29. The molecule has 0 aromatic carbocycles. The van der Waals surface area contributed by atoms with E-state index < -0.39 is 0 Å². The first-order chi connectivity index (χ1) is 9.69. The van der Waals surface area contributed by atoms with Gasteiger partial charge in [0.15, 0.2) is 0 Å². The Morgan fingerprint density at radius 3 is 1.67 bits per heavy atom. The maximum absolute atomic E-state index is 2.54. The van der Waals surface area contributed by atoms with Gasteiger partial charge < -0.3 is 0 Å². The molecular formula is C21H40. The fourth-order valence-electron chi connectivity index (χ4n) is 6.18. The van der Waals surface area contributed by atoms with E-state index in [0.717, 1.165) is 29.1 Å². The molecule has 1 atom stereocenters. The minimum Gasteiger partial charge on any atom is -0.0654 e. The fourth-order valence-corrected chi connectivity index (χ4v) is 6.18. The van der Waals surface area contributed by atoms with E-state index >= 15 is 0 Å². The van der Waals surface area contributed by atoms with Crippen LogP contribution in [0.5, 0.6) is 0 Å². The molecule has 0 amide bonds. The van der Waals surface area contributed by atoms with E-state index in [0.29, 0.717) is 5.41 Å². The standard InChI is InChI=1S/C11H18.C10H22/c1-11-5-8-2-9(6-11)4-10(3-8)7-11;1-6-7-9(2)8-10(3,4)5/h8-10H,2-7H2,1H3;9H,6-8H2,1-5H3. The summed E-state index contributed by atoms with van der Waals surface area (Å²) in [5, 5.41) is 0. The molecule has 4 fully saturated rings. The molecule has 4 saturated carbocycles. The van der Waals surface area contributed by atoms with Crippen LogP contribution in [0.1, 0.15) is 99.3 Å². The third-order valence-corrected chi connectivity index (χ3v) is 6.09. The lowest BCUT2D eigenvalue weighted by Crippen LogP contribution is -2.44. The van der Waals surface area contributed by atoms with E-state index in [1.165, 1.54) is 19.3 Å². The molecule has 0 heterocycles. The minimum atomic E-state index is 0.522. The van der Waals surface area contributed by atoms with Gasteiger partial charge in [0.25, 0.3) is 0 Å². The molecule has 0 aliphatic heterocycles. The topological polar surface area (TPSA) is 0 Å². The molecule has 0 N–H and O–H groups in total. The molecule has 1 unspecified atom stereocenters. The van der Waals surface area contributed by atoms with Gasteiger partial charge in [-0.1, -0.05) is 54.4 Å². The van der Waals surface area contributed by atoms with Gasteiger partial charge in [-0.15, -0.1) is 0 Å². The molecule has 0 radical (unpaired) electrons. The van der Waals surface area contributed by atoms with Crippen molar-refractivity contribution in [2.24, 2.45) is 34.5 Å². The van der Waals surface area contributed by atoms with Crippen molar-refractivity contribution >= 4 is 0 Å². The summed E-state index contributed by atoms with van der Waals surface area (Å²) < 4.78 is 0.